The number of carbonyl (C=O) groups excluding carboxylic acids is 1. The lowest BCUT2D eigenvalue weighted by Gasteiger charge is -2.07. The zero-order valence-corrected chi connectivity index (χ0v) is 13.9. The molecule has 0 unspecified atom stereocenters. The highest BCUT2D eigenvalue weighted by molar-refractivity contribution is 9.10. The Kier molecular flexibility index (Phi) is 6.13. The van der Waals surface area contributed by atoms with Gasteiger partial charge in [0.15, 0.2) is 0 Å². The van der Waals surface area contributed by atoms with Gasteiger partial charge in [-0.2, -0.15) is 0 Å². The summed E-state index contributed by atoms with van der Waals surface area (Å²) in [7, 11) is 0. The van der Waals surface area contributed by atoms with Crippen molar-refractivity contribution in [2.45, 2.75) is 0 Å². The molecule has 0 radical (unpaired) electrons. The van der Waals surface area contributed by atoms with Gasteiger partial charge in [0.1, 0.15) is 0 Å². The second kappa shape index (κ2) is 7.38. The fourth-order valence-corrected chi connectivity index (χ4v) is 2.45. The minimum Gasteiger partial charge on any atom is -0.545 e. The Labute approximate surface area is 134 Å². The van der Waals surface area contributed by atoms with Crippen LogP contribution in [0.4, 0.5) is 0 Å². The molecule has 5 heteroatoms. The van der Waals surface area contributed by atoms with Gasteiger partial charge in [-0.05, 0) is 35.4 Å². The molecule has 20 heavy (non-hydrogen) atoms. The van der Waals surface area contributed by atoms with Crippen molar-refractivity contribution in [3.63, 3.8) is 0 Å². The summed E-state index contributed by atoms with van der Waals surface area (Å²) in [5.74, 6) is -1.18. The van der Waals surface area contributed by atoms with Crippen LogP contribution in [-0.4, -0.2) is 5.97 Å². The zero-order valence-electron chi connectivity index (χ0n) is 10.8. The van der Waals surface area contributed by atoms with Crippen LogP contribution in [0.2, 0.25) is 0 Å². The van der Waals surface area contributed by atoms with Crippen molar-refractivity contribution in [3.8, 4) is 0 Å². The van der Waals surface area contributed by atoms with Crippen molar-refractivity contribution in [1.82, 2.24) is 6.15 Å². The Morgan fingerprint density at radius 2 is 1.70 bits per heavy atom. The Morgan fingerprint density at radius 1 is 1.00 bits per heavy atom. The van der Waals surface area contributed by atoms with Crippen molar-refractivity contribution < 1.29 is 9.90 Å². The highest BCUT2D eigenvalue weighted by atomic mass is 79.9. The first-order chi connectivity index (χ1) is 9.06. The lowest BCUT2D eigenvalue weighted by Crippen LogP contribution is -2.23. The molecule has 2 rings (SSSR count). The van der Waals surface area contributed by atoms with E-state index < -0.39 is 5.97 Å². The van der Waals surface area contributed by atoms with E-state index in [0.717, 1.165) is 14.5 Å². The van der Waals surface area contributed by atoms with Crippen molar-refractivity contribution in [2.75, 3.05) is 0 Å². The van der Waals surface area contributed by atoms with E-state index in [-0.39, 0.29) is 11.7 Å². The Morgan fingerprint density at radius 3 is 2.35 bits per heavy atom. The van der Waals surface area contributed by atoms with Crippen LogP contribution < -0.4 is 11.3 Å². The number of carbonyl (C=O) groups is 1. The molecule has 0 heterocycles. The van der Waals surface area contributed by atoms with E-state index in [1.807, 2.05) is 30.3 Å². The van der Waals surface area contributed by atoms with E-state index in [1.165, 1.54) is 6.07 Å². The first-order valence-corrected chi connectivity index (χ1v) is 7.09. The van der Waals surface area contributed by atoms with Gasteiger partial charge in [-0.1, -0.05) is 62.2 Å². The van der Waals surface area contributed by atoms with Gasteiger partial charge < -0.3 is 16.1 Å². The topological polar surface area (TPSA) is 76.6 Å². The molecule has 0 spiro atoms. The van der Waals surface area contributed by atoms with Crippen LogP contribution in [-0.2, 0) is 0 Å². The van der Waals surface area contributed by atoms with Crippen molar-refractivity contribution in [3.05, 3.63) is 68.1 Å². The van der Waals surface area contributed by atoms with Gasteiger partial charge in [0.2, 0.25) is 0 Å². The lowest BCUT2D eigenvalue weighted by molar-refractivity contribution is -0.255. The molecule has 0 fully saturated rings. The predicted octanol–water partition coefficient (Wildman–Crippen LogP) is 4.12. The molecule has 0 saturated heterocycles. The van der Waals surface area contributed by atoms with Gasteiger partial charge in [0.25, 0.3) is 0 Å². The smallest absolute Gasteiger partial charge is 0.0721 e. The Hall–Kier alpha value is -1.43. The number of halogens is 2. The summed E-state index contributed by atoms with van der Waals surface area (Å²) in [5, 5.41) is 11.0. The molecule has 0 aromatic heterocycles. The molecule has 0 atom stereocenters. The van der Waals surface area contributed by atoms with E-state index in [1.54, 1.807) is 18.2 Å². The van der Waals surface area contributed by atoms with E-state index in [0.29, 0.717) is 5.56 Å². The number of aromatic carboxylic acids is 1. The van der Waals surface area contributed by atoms with Crippen LogP contribution in [0.3, 0.4) is 0 Å². The van der Waals surface area contributed by atoms with Crippen LogP contribution in [0.25, 0.3) is 12.2 Å². The first kappa shape index (κ1) is 16.6. The summed E-state index contributed by atoms with van der Waals surface area (Å²) < 4.78 is 1.80. The molecule has 2 aromatic carbocycles. The second-order valence-corrected chi connectivity index (χ2v) is 5.74. The highest BCUT2D eigenvalue weighted by Gasteiger charge is 2.01. The molecule has 0 aliphatic carbocycles. The number of hydrogen-bond donors (Lipinski definition) is 1. The molecular weight excluding hydrogens is 386 g/mol. The summed E-state index contributed by atoms with van der Waals surface area (Å²) in [4.78, 5) is 11.0. The predicted molar refractivity (Wildman–Crippen MR) is 87.5 cm³/mol. The minimum atomic E-state index is -1.18. The maximum atomic E-state index is 11.0. The summed E-state index contributed by atoms with van der Waals surface area (Å²) in [6.07, 6.45) is 3.62. The first-order valence-electron chi connectivity index (χ1n) is 5.51. The van der Waals surface area contributed by atoms with E-state index in [4.69, 9.17) is 0 Å². The van der Waals surface area contributed by atoms with Gasteiger partial charge in [0.05, 0.1) is 5.97 Å². The Bertz CT molecular complexity index is 654. The van der Waals surface area contributed by atoms with Crippen LogP contribution in [0.15, 0.2) is 51.4 Å². The number of carboxylic acid groups (broad SMARTS) is 1. The molecule has 0 bridgehead atoms. The van der Waals surface area contributed by atoms with E-state index in [9.17, 15) is 9.90 Å². The molecule has 0 aliphatic heterocycles. The SMILES string of the molecule is O=C([O-])c1ccc(Br)cc1/C=C/c1cccc(Br)c1.[NH4+]. The standard InChI is InChI=1S/C15H10Br2O2.H3N/c16-12-3-1-2-10(8-12)4-5-11-9-13(17)6-7-14(11)15(18)19;/h1-9H,(H,18,19);1H3/b5-4+;. The van der Waals surface area contributed by atoms with Gasteiger partial charge in [0, 0.05) is 14.5 Å². The van der Waals surface area contributed by atoms with Crippen LogP contribution >= 0.6 is 31.9 Å². The fourth-order valence-electron chi connectivity index (χ4n) is 1.65. The van der Waals surface area contributed by atoms with Crippen LogP contribution in [0.5, 0.6) is 0 Å². The average molecular weight is 399 g/mol. The normalized spacial score (nSPS) is 10.3. The second-order valence-electron chi connectivity index (χ2n) is 3.91. The van der Waals surface area contributed by atoms with Gasteiger partial charge in [-0.25, -0.2) is 0 Å². The highest BCUT2D eigenvalue weighted by Crippen LogP contribution is 2.20. The number of carboxylic acids is 1. The van der Waals surface area contributed by atoms with Crippen molar-refractivity contribution >= 4 is 50.0 Å². The molecule has 2 aromatic rings. The lowest BCUT2D eigenvalue weighted by atomic mass is 10.1. The van der Waals surface area contributed by atoms with Gasteiger partial charge in [-0.3, -0.25) is 0 Å². The van der Waals surface area contributed by atoms with Crippen molar-refractivity contribution in [1.29, 1.82) is 0 Å². The molecule has 0 amide bonds. The van der Waals surface area contributed by atoms with Crippen LogP contribution in [0, 0.1) is 0 Å². The van der Waals surface area contributed by atoms with Crippen LogP contribution in [0.1, 0.15) is 21.5 Å². The molecule has 0 saturated carbocycles. The summed E-state index contributed by atoms with van der Waals surface area (Å²) in [5.41, 5.74) is 1.77. The Balaban J connectivity index is 0.00000200. The molecule has 104 valence electrons. The zero-order chi connectivity index (χ0) is 13.8. The summed E-state index contributed by atoms with van der Waals surface area (Å²) in [6.45, 7) is 0. The number of hydrogen-bond acceptors (Lipinski definition) is 2. The van der Waals surface area contributed by atoms with Gasteiger partial charge in [-0.15, -0.1) is 0 Å². The fraction of sp³-hybridized carbons (Fsp3) is 0. The van der Waals surface area contributed by atoms with Crippen molar-refractivity contribution in [2.24, 2.45) is 0 Å². The summed E-state index contributed by atoms with van der Waals surface area (Å²) in [6, 6.07) is 12.7. The maximum absolute atomic E-state index is 11.0. The largest absolute Gasteiger partial charge is 0.545 e. The third-order valence-corrected chi connectivity index (χ3v) is 3.52. The molecule has 3 nitrogen and oxygen atoms in total. The monoisotopic (exact) mass is 397 g/mol. The molecule has 0 aliphatic rings. The van der Waals surface area contributed by atoms with E-state index >= 15 is 0 Å². The quantitative estimate of drug-likeness (QED) is 0.789. The molecular formula is C15H13Br2NO2. The molecule has 4 N–H and O–H groups in total. The number of rotatable bonds is 3. The number of benzene rings is 2. The van der Waals surface area contributed by atoms with Gasteiger partial charge >= 0.3 is 0 Å². The van der Waals surface area contributed by atoms with E-state index in [2.05, 4.69) is 31.9 Å². The maximum Gasteiger partial charge on any atom is 0.0721 e. The average Bonchev–Trinajstić information content (AvgIpc) is 2.36. The third-order valence-electron chi connectivity index (χ3n) is 2.54. The minimum absolute atomic E-state index is 0. The third kappa shape index (κ3) is 4.30. The summed E-state index contributed by atoms with van der Waals surface area (Å²) >= 11 is 6.72. The number of quaternary nitrogens is 1.